The minimum absolute atomic E-state index is 0.866. The summed E-state index contributed by atoms with van der Waals surface area (Å²) in [7, 11) is 0. The molecule has 11 aromatic rings. The lowest BCUT2D eigenvalue weighted by molar-refractivity contribution is 1.31. The Morgan fingerprint density at radius 3 is 1.06 bits per heavy atom. The fraction of sp³-hybridized carbons (Fsp3) is 0. The molecule has 3 heterocycles. The van der Waals surface area contributed by atoms with Gasteiger partial charge in [-0.25, -0.2) is 9.97 Å². The molecule has 0 aliphatic carbocycles. The van der Waals surface area contributed by atoms with Gasteiger partial charge in [-0.1, -0.05) is 109 Å². The lowest BCUT2D eigenvalue weighted by Crippen LogP contribution is -1.92. The summed E-state index contributed by atoms with van der Waals surface area (Å²) in [6.07, 6.45) is 3.84. The average Bonchev–Trinajstić information content (AvgIpc) is 3.55. The van der Waals surface area contributed by atoms with Crippen molar-refractivity contribution in [2.45, 2.75) is 0 Å². The Morgan fingerprint density at radius 1 is 0.327 bits per heavy atom. The highest BCUT2D eigenvalue weighted by Crippen LogP contribution is 2.40. The first-order chi connectivity index (χ1) is 24.3. The molecule has 0 saturated carbocycles. The fourth-order valence-corrected chi connectivity index (χ4v) is 8.69. The highest BCUT2D eigenvalue weighted by Gasteiger charge is 2.16. The topological polar surface area (TPSA) is 51.6 Å². The smallest absolute Gasteiger partial charge is 0.0979 e. The van der Waals surface area contributed by atoms with Crippen LogP contribution in [-0.2, 0) is 0 Å². The highest BCUT2D eigenvalue weighted by atomic mass is 32.1. The van der Waals surface area contributed by atoms with E-state index in [2.05, 4.69) is 133 Å². The minimum atomic E-state index is 0.866. The van der Waals surface area contributed by atoms with E-state index in [0.717, 1.165) is 66.1 Å². The number of aromatic nitrogens is 4. The monoisotopic (exact) mass is 640 g/mol. The van der Waals surface area contributed by atoms with E-state index in [9.17, 15) is 0 Å². The molecule has 0 saturated heterocycles. The molecule has 0 amide bonds. The quantitative estimate of drug-likeness (QED) is 0.176. The second-order valence-corrected chi connectivity index (χ2v) is 13.7. The molecule has 0 N–H and O–H groups in total. The van der Waals surface area contributed by atoms with Gasteiger partial charge in [0.25, 0.3) is 0 Å². The maximum atomic E-state index is 5.26. The second kappa shape index (κ2) is 10.1. The number of fused-ring (bicyclic) bond motifs is 15. The molecule has 0 radical (unpaired) electrons. The van der Waals surface area contributed by atoms with Gasteiger partial charge in [0.2, 0.25) is 0 Å². The maximum Gasteiger partial charge on any atom is 0.0979 e. The Labute approximate surface area is 284 Å². The number of hydrogen-bond donors (Lipinski definition) is 0. The van der Waals surface area contributed by atoms with Gasteiger partial charge >= 0.3 is 0 Å². The Bertz CT molecular complexity index is 2900. The van der Waals surface area contributed by atoms with E-state index in [1.54, 1.807) is 0 Å². The van der Waals surface area contributed by atoms with Gasteiger partial charge in [0.05, 0.1) is 45.8 Å². The molecule has 0 unspecified atom stereocenters. The molecule has 8 aromatic carbocycles. The van der Waals surface area contributed by atoms with Crippen molar-refractivity contribution in [1.82, 2.24) is 19.9 Å². The van der Waals surface area contributed by atoms with Gasteiger partial charge < -0.3 is 0 Å². The van der Waals surface area contributed by atoms with Gasteiger partial charge in [0.1, 0.15) is 0 Å². The second-order valence-electron chi connectivity index (χ2n) is 12.6. The lowest BCUT2D eigenvalue weighted by atomic mass is 9.99. The zero-order valence-corrected chi connectivity index (χ0v) is 26.9. The Morgan fingerprint density at radius 2 is 0.673 bits per heavy atom. The molecular weight excluding hydrogens is 617 g/mol. The third kappa shape index (κ3) is 3.91. The first-order valence-corrected chi connectivity index (χ1v) is 17.2. The summed E-state index contributed by atoms with van der Waals surface area (Å²) in [5, 5.41) is 11.7. The number of nitrogens with zero attached hydrogens (tertiary/aromatic N) is 4. The number of hydrogen-bond acceptors (Lipinski definition) is 5. The van der Waals surface area contributed by atoms with Crippen LogP contribution in [0.25, 0.3) is 108 Å². The van der Waals surface area contributed by atoms with Crippen molar-refractivity contribution in [2.24, 2.45) is 0 Å². The summed E-state index contributed by atoms with van der Waals surface area (Å²) in [5.41, 5.74) is 7.55. The maximum absolute atomic E-state index is 5.26. The largest absolute Gasteiger partial charge is 0.252 e. The van der Waals surface area contributed by atoms with E-state index in [4.69, 9.17) is 19.9 Å². The van der Waals surface area contributed by atoms with Crippen molar-refractivity contribution in [1.29, 1.82) is 0 Å². The summed E-state index contributed by atoms with van der Waals surface area (Å²) >= 11 is 1.81. The molecule has 0 fully saturated rings. The van der Waals surface area contributed by atoms with E-state index >= 15 is 0 Å². The minimum Gasteiger partial charge on any atom is -0.252 e. The zero-order valence-electron chi connectivity index (χ0n) is 26.1. The molecule has 49 heavy (non-hydrogen) atoms. The van der Waals surface area contributed by atoms with E-state index in [-0.39, 0.29) is 0 Å². The predicted molar refractivity (Wildman–Crippen MR) is 206 cm³/mol. The predicted octanol–water partition coefficient (Wildman–Crippen LogP) is 11.9. The van der Waals surface area contributed by atoms with Crippen LogP contribution in [0, 0.1) is 0 Å². The molecule has 0 aliphatic heterocycles. The SMILES string of the molecule is c1ccc2c(c1)c1ccccc1c1nc(-c3ccc4sc5ccc(-c6cnc7c8ccccc8c8ccccc8c7n6)cc5c4c3)cnc21. The third-order valence-electron chi connectivity index (χ3n) is 9.91. The molecule has 226 valence electrons. The van der Waals surface area contributed by atoms with Crippen molar-refractivity contribution in [3.8, 4) is 22.5 Å². The van der Waals surface area contributed by atoms with Gasteiger partial charge in [-0.15, -0.1) is 11.3 Å². The van der Waals surface area contributed by atoms with Crippen LogP contribution in [0.1, 0.15) is 0 Å². The molecule has 0 atom stereocenters. The van der Waals surface area contributed by atoms with Crippen LogP contribution in [0.3, 0.4) is 0 Å². The van der Waals surface area contributed by atoms with Gasteiger partial charge in [-0.05, 0) is 45.8 Å². The zero-order chi connectivity index (χ0) is 32.1. The molecule has 0 bridgehead atoms. The Hall–Kier alpha value is -6.30. The summed E-state index contributed by atoms with van der Waals surface area (Å²) in [5.74, 6) is 0. The number of rotatable bonds is 2. The molecule has 5 heteroatoms. The van der Waals surface area contributed by atoms with Gasteiger partial charge in [-0.3, -0.25) is 9.97 Å². The number of benzene rings is 8. The fourth-order valence-electron chi connectivity index (χ4n) is 7.62. The van der Waals surface area contributed by atoms with Crippen molar-refractivity contribution in [2.75, 3.05) is 0 Å². The molecule has 0 spiro atoms. The van der Waals surface area contributed by atoms with Crippen molar-refractivity contribution in [3.05, 3.63) is 146 Å². The van der Waals surface area contributed by atoms with Crippen molar-refractivity contribution < 1.29 is 0 Å². The van der Waals surface area contributed by atoms with Crippen LogP contribution >= 0.6 is 11.3 Å². The average molecular weight is 641 g/mol. The van der Waals surface area contributed by atoms with Crippen LogP contribution < -0.4 is 0 Å². The first kappa shape index (κ1) is 26.7. The standard InChI is InChI=1S/C44H24N4S/c1-5-13-31-27(9-1)29-11-3-7-15-33(29)43-41(31)45-23-37(47-43)25-17-19-39-35(21-25)36-22-26(18-20-40(36)49-39)38-24-46-42-32-14-6-2-10-28(32)30-12-4-8-16-34(30)44(42)48-38/h1-24H. The van der Waals surface area contributed by atoms with E-state index in [0.29, 0.717) is 0 Å². The Kier molecular flexibility index (Phi) is 5.51. The normalized spacial score (nSPS) is 12.1. The molecular formula is C44H24N4S. The van der Waals surface area contributed by atoms with E-state index in [1.165, 1.54) is 41.7 Å². The van der Waals surface area contributed by atoms with E-state index < -0.39 is 0 Å². The van der Waals surface area contributed by atoms with Crippen LogP contribution in [0.2, 0.25) is 0 Å². The molecule has 0 aliphatic rings. The van der Waals surface area contributed by atoms with Crippen molar-refractivity contribution >= 4 is 96.7 Å². The van der Waals surface area contributed by atoms with Gasteiger partial charge in [0, 0.05) is 52.8 Å². The lowest BCUT2D eigenvalue weighted by Gasteiger charge is -2.10. The molecule has 11 rings (SSSR count). The Balaban J connectivity index is 1.08. The van der Waals surface area contributed by atoms with Crippen LogP contribution in [0.4, 0.5) is 0 Å². The summed E-state index contributed by atoms with van der Waals surface area (Å²) in [6.45, 7) is 0. The molecule has 3 aromatic heterocycles. The highest BCUT2D eigenvalue weighted by molar-refractivity contribution is 7.25. The van der Waals surface area contributed by atoms with Crippen molar-refractivity contribution in [3.63, 3.8) is 0 Å². The van der Waals surface area contributed by atoms with E-state index in [1.807, 2.05) is 23.7 Å². The summed E-state index contributed by atoms with van der Waals surface area (Å²) < 4.78 is 2.48. The third-order valence-corrected chi connectivity index (χ3v) is 11.1. The van der Waals surface area contributed by atoms with Crippen LogP contribution in [0.15, 0.2) is 146 Å². The van der Waals surface area contributed by atoms with Crippen LogP contribution in [0.5, 0.6) is 0 Å². The van der Waals surface area contributed by atoms with Crippen LogP contribution in [-0.4, -0.2) is 19.9 Å². The van der Waals surface area contributed by atoms with Gasteiger partial charge in [0.15, 0.2) is 0 Å². The van der Waals surface area contributed by atoms with Gasteiger partial charge in [-0.2, -0.15) is 0 Å². The summed E-state index contributed by atoms with van der Waals surface area (Å²) in [6, 6.07) is 47.3. The number of thiophene rings is 1. The first-order valence-electron chi connectivity index (χ1n) is 16.4. The summed E-state index contributed by atoms with van der Waals surface area (Å²) in [4.78, 5) is 20.5. The molecule has 4 nitrogen and oxygen atoms in total.